The van der Waals surface area contributed by atoms with Gasteiger partial charge in [0, 0.05) is 18.3 Å². The van der Waals surface area contributed by atoms with Crippen molar-refractivity contribution in [3.05, 3.63) is 65.1 Å². The molecule has 1 aliphatic heterocycles. The van der Waals surface area contributed by atoms with Crippen LogP contribution in [0.15, 0.2) is 59.0 Å². The molecule has 11 heteroatoms. The first-order chi connectivity index (χ1) is 18.1. The number of cyclic esters (lactones) is 1. The molecule has 1 aromatic heterocycles. The van der Waals surface area contributed by atoms with Crippen LogP contribution in [-0.4, -0.2) is 30.1 Å². The van der Waals surface area contributed by atoms with Gasteiger partial charge in [0.15, 0.2) is 5.03 Å². The fourth-order valence-corrected chi connectivity index (χ4v) is 6.12. The summed E-state index contributed by atoms with van der Waals surface area (Å²) in [5.41, 5.74) is -1.18. The zero-order valence-corrected chi connectivity index (χ0v) is 23.4. The monoisotopic (exact) mass is 568 g/mol. The molecule has 0 fully saturated rings. The Morgan fingerprint density at radius 2 is 1.74 bits per heavy atom. The van der Waals surface area contributed by atoms with Crippen molar-refractivity contribution in [3.8, 4) is 0 Å². The van der Waals surface area contributed by atoms with Gasteiger partial charge in [0.25, 0.3) is 10.0 Å². The lowest BCUT2D eigenvalue weighted by atomic mass is 9.77. The maximum absolute atomic E-state index is 13.0. The SMILES string of the molecule is CCCC1(CCC)CC(O)=C(CC(C)(C)Cc2cccc(NS(=O)(=O)c3cc(C(F)(F)F)ccn3)c2)C(=O)O1. The number of benzene rings is 1. The predicted molar refractivity (Wildman–Crippen MR) is 142 cm³/mol. The first-order valence-corrected chi connectivity index (χ1v) is 14.4. The Hall–Kier alpha value is -3.08. The second kappa shape index (κ2) is 11.6. The van der Waals surface area contributed by atoms with Crippen molar-refractivity contribution in [2.24, 2.45) is 5.41 Å². The van der Waals surface area contributed by atoms with Gasteiger partial charge in [0.1, 0.15) is 11.4 Å². The highest BCUT2D eigenvalue weighted by Gasteiger charge is 2.42. The Morgan fingerprint density at radius 3 is 2.33 bits per heavy atom. The summed E-state index contributed by atoms with van der Waals surface area (Å²) in [6.45, 7) is 7.86. The fourth-order valence-electron chi connectivity index (χ4n) is 5.09. The maximum Gasteiger partial charge on any atom is 0.416 e. The van der Waals surface area contributed by atoms with E-state index in [9.17, 15) is 31.5 Å². The molecule has 3 rings (SSSR count). The van der Waals surface area contributed by atoms with E-state index in [-0.39, 0.29) is 29.9 Å². The van der Waals surface area contributed by atoms with E-state index in [0.717, 1.165) is 24.6 Å². The van der Waals surface area contributed by atoms with E-state index in [4.69, 9.17) is 4.74 Å². The normalized spacial score (nSPS) is 16.2. The molecule has 1 aliphatic rings. The molecule has 0 amide bonds. The number of carbonyl (C=O) groups is 1. The molecule has 1 aromatic carbocycles. The first-order valence-electron chi connectivity index (χ1n) is 12.9. The Morgan fingerprint density at radius 1 is 1.08 bits per heavy atom. The molecule has 0 saturated carbocycles. The van der Waals surface area contributed by atoms with Crippen LogP contribution >= 0.6 is 0 Å². The summed E-state index contributed by atoms with van der Waals surface area (Å²) in [7, 11) is -4.38. The van der Waals surface area contributed by atoms with Gasteiger partial charge >= 0.3 is 12.1 Å². The van der Waals surface area contributed by atoms with Crippen LogP contribution in [-0.2, 0) is 32.2 Å². The third kappa shape index (κ3) is 7.74. The first kappa shape index (κ1) is 30.5. The van der Waals surface area contributed by atoms with E-state index >= 15 is 0 Å². The Bertz CT molecular complexity index is 1330. The second-order valence-electron chi connectivity index (χ2n) is 10.9. The number of rotatable bonds is 11. The number of ether oxygens (including phenoxy) is 1. The van der Waals surface area contributed by atoms with Crippen LogP contribution in [0.3, 0.4) is 0 Å². The summed E-state index contributed by atoms with van der Waals surface area (Å²) >= 11 is 0. The van der Waals surface area contributed by atoms with Crippen molar-refractivity contribution in [2.75, 3.05) is 4.72 Å². The van der Waals surface area contributed by atoms with Gasteiger partial charge in [-0.25, -0.2) is 9.78 Å². The van der Waals surface area contributed by atoms with Gasteiger partial charge in [-0.15, -0.1) is 0 Å². The van der Waals surface area contributed by atoms with Gasteiger partial charge in [0.05, 0.1) is 11.1 Å². The highest BCUT2D eigenvalue weighted by molar-refractivity contribution is 7.92. The van der Waals surface area contributed by atoms with Crippen molar-refractivity contribution >= 4 is 21.7 Å². The van der Waals surface area contributed by atoms with Gasteiger partial charge in [-0.3, -0.25) is 4.72 Å². The maximum atomic E-state index is 13.0. The quantitative estimate of drug-likeness (QED) is 0.284. The van der Waals surface area contributed by atoms with E-state index in [1.165, 1.54) is 6.07 Å². The number of hydrogen-bond acceptors (Lipinski definition) is 6. The summed E-state index contributed by atoms with van der Waals surface area (Å²) in [4.78, 5) is 16.5. The molecule has 2 heterocycles. The van der Waals surface area contributed by atoms with Crippen molar-refractivity contribution in [2.45, 2.75) is 89.4 Å². The second-order valence-corrected chi connectivity index (χ2v) is 12.5. The van der Waals surface area contributed by atoms with Gasteiger partial charge in [-0.2, -0.15) is 21.6 Å². The number of alkyl halides is 3. The lowest BCUT2D eigenvalue weighted by molar-refractivity contribution is -0.161. The summed E-state index contributed by atoms with van der Waals surface area (Å²) in [6.07, 6.45) is 0.0348. The van der Waals surface area contributed by atoms with Crippen LogP contribution in [0, 0.1) is 5.41 Å². The van der Waals surface area contributed by atoms with Gasteiger partial charge < -0.3 is 9.84 Å². The van der Waals surface area contributed by atoms with Crippen LogP contribution in [0.4, 0.5) is 18.9 Å². The number of halogens is 3. The standard InChI is InChI=1S/C28H35F3N2O5S/c1-5-11-27(12-6-2)18-23(34)22(25(35)38-27)17-26(3,4)16-19-8-7-9-21(14-19)33-39(36,37)24-15-20(10-13-32-24)28(29,30)31/h7-10,13-15,33-34H,5-6,11-12,16-18H2,1-4H3. The number of esters is 1. The molecule has 0 spiro atoms. The smallest absolute Gasteiger partial charge is 0.416 e. The molecule has 214 valence electrons. The summed E-state index contributed by atoms with van der Waals surface area (Å²) in [5.74, 6) is -0.458. The topological polar surface area (TPSA) is 106 Å². The predicted octanol–water partition coefficient (Wildman–Crippen LogP) is 6.96. The summed E-state index contributed by atoms with van der Waals surface area (Å²) < 4.78 is 72.7. The number of aliphatic hydroxyl groups is 1. The highest BCUT2D eigenvalue weighted by atomic mass is 32.2. The molecule has 0 bridgehead atoms. The third-order valence-electron chi connectivity index (χ3n) is 6.66. The molecule has 0 atom stereocenters. The van der Waals surface area contributed by atoms with Gasteiger partial charge in [0.2, 0.25) is 0 Å². The largest absolute Gasteiger partial charge is 0.512 e. The Kier molecular flexibility index (Phi) is 9.04. The number of pyridine rings is 1. The molecular weight excluding hydrogens is 533 g/mol. The van der Waals surface area contributed by atoms with Crippen molar-refractivity contribution in [3.63, 3.8) is 0 Å². The zero-order chi connectivity index (χ0) is 29.1. The Labute approximate surface area is 227 Å². The van der Waals surface area contributed by atoms with Gasteiger partial charge in [-0.05, 0) is 60.9 Å². The minimum Gasteiger partial charge on any atom is -0.512 e. The average molecular weight is 569 g/mol. The Balaban J connectivity index is 1.77. The highest BCUT2D eigenvalue weighted by Crippen LogP contribution is 2.40. The van der Waals surface area contributed by atoms with Crippen molar-refractivity contribution in [1.82, 2.24) is 4.98 Å². The molecule has 2 N–H and O–H groups in total. The summed E-state index contributed by atoms with van der Waals surface area (Å²) in [5, 5.41) is 10.1. The van der Waals surface area contributed by atoms with E-state index < -0.39 is 43.8 Å². The molecule has 7 nitrogen and oxygen atoms in total. The van der Waals surface area contributed by atoms with E-state index in [2.05, 4.69) is 9.71 Å². The molecule has 0 unspecified atom stereocenters. The van der Waals surface area contributed by atoms with Crippen LogP contribution < -0.4 is 4.72 Å². The summed E-state index contributed by atoms with van der Waals surface area (Å²) in [6, 6.07) is 7.64. The van der Waals surface area contributed by atoms with Crippen LogP contribution in [0.25, 0.3) is 0 Å². The van der Waals surface area contributed by atoms with Crippen LogP contribution in [0.5, 0.6) is 0 Å². The minimum atomic E-state index is -4.71. The molecule has 39 heavy (non-hydrogen) atoms. The van der Waals surface area contributed by atoms with Gasteiger partial charge in [-0.1, -0.05) is 52.7 Å². The van der Waals surface area contributed by atoms with Crippen molar-refractivity contribution < 1.29 is 36.2 Å². The van der Waals surface area contributed by atoms with E-state index in [1.54, 1.807) is 18.2 Å². The molecular formula is C28H35F3N2O5S. The van der Waals surface area contributed by atoms with E-state index in [1.807, 2.05) is 27.7 Å². The number of hydrogen-bond donors (Lipinski definition) is 2. The molecule has 0 radical (unpaired) electrons. The van der Waals surface area contributed by atoms with Crippen LogP contribution in [0.1, 0.15) is 77.3 Å². The number of anilines is 1. The number of nitrogens with zero attached hydrogens (tertiary/aromatic N) is 1. The molecule has 2 aromatic rings. The third-order valence-corrected chi connectivity index (χ3v) is 7.94. The van der Waals surface area contributed by atoms with Crippen molar-refractivity contribution in [1.29, 1.82) is 0 Å². The lowest BCUT2D eigenvalue weighted by Gasteiger charge is -2.38. The molecule has 0 aliphatic carbocycles. The zero-order valence-electron chi connectivity index (χ0n) is 22.6. The van der Waals surface area contributed by atoms with Crippen LogP contribution in [0.2, 0.25) is 0 Å². The number of aliphatic hydroxyl groups excluding tert-OH is 1. The average Bonchev–Trinajstić information content (AvgIpc) is 2.81. The molecule has 0 saturated heterocycles. The number of nitrogens with one attached hydrogen (secondary N) is 1. The fraction of sp³-hybridized carbons (Fsp3) is 0.500. The number of sulfonamides is 1. The van der Waals surface area contributed by atoms with E-state index in [0.29, 0.717) is 31.4 Å². The number of carbonyl (C=O) groups excluding carboxylic acids is 1. The minimum absolute atomic E-state index is 0.0522. The lowest BCUT2D eigenvalue weighted by Crippen LogP contribution is -2.41. The number of aromatic nitrogens is 1.